The summed E-state index contributed by atoms with van der Waals surface area (Å²) in [5.41, 5.74) is 1.29. The van der Waals surface area contributed by atoms with Gasteiger partial charge >= 0.3 is 0 Å². The smallest absolute Gasteiger partial charge is 0.266 e. The van der Waals surface area contributed by atoms with Gasteiger partial charge in [-0.25, -0.2) is 14.4 Å². The van der Waals surface area contributed by atoms with Crippen LogP contribution in [0.1, 0.15) is 5.69 Å². The molecule has 0 fully saturated rings. The number of hydrogen-bond acceptors (Lipinski definition) is 4. The minimum absolute atomic E-state index is 0.130. The number of anilines is 1. The molecule has 0 bridgehead atoms. The Morgan fingerprint density at radius 1 is 1.28 bits per heavy atom. The van der Waals surface area contributed by atoms with Gasteiger partial charge in [0.05, 0.1) is 10.7 Å². The number of rotatable bonds is 4. The Bertz CT molecular complexity index is 1290. The van der Waals surface area contributed by atoms with Gasteiger partial charge in [-0.3, -0.25) is 13.8 Å². The molecule has 0 spiro atoms. The molecule has 4 rings (SSSR count). The molecule has 0 aliphatic rings. The van der Waals surface area contributed by atoms with Crippen LogP contribution in [-0.2, 0) is 4.79 Å². The molecule has 0 aliphatic carbocycles. The predicted molar refractivity (Wildman–Crippen MR) is 106 cm³/mol. The number of imidazole rings is 2. The Morgan fingerprint density at radius 3 is 2.86 bits per heavy atom. The standard InChI is InChI=1S/C20H12ClFN6O/c21-15-10-14(4-5-16(15)22)25-20(29)13(11-23)9-17-19(27-8-6-24-12-27)26-18-3-1-2-7-28(17)18/h1-10,12H,(H,25,29)/b13-9+. The highest BCUT2D eigenvalue weighted by molar-refractivity contribution is 6.31. The maximum atomic E-state index is 13.3. The van der Waals surface area contributed by atoms with Gasteiger partial charge in [-0.05, 0) is 36.4 Å². The van der Waals surface area contributed by atoms with E-state index in [0.29, 0.717) is 17.2 Å². The normalized spacial score (nSPS) is 11.4. The summed E-state index contributed by atoms with van der Waals surface area (Å²) in [7, 11) is 0. The van der Waals surface area contributed by atoms with E-state index in [1.54, 1.807) is 33.9 Å². The van der Waals surface area contributed by atoms with E-state index in [-0.39, 0.29) is 16.3 Å². The van der Waals surface area contributed by atoms with Crippen LogP contribution in [0.25, 0.3) is 17.5 Å². The number of hydrogen-bond donors (Lipinski definition) is 1. The molecule has 4 aromatic rings. The number of aromatic nitrogens is 4. The molecule has 29 heavy (non-hydrogen) atoms. The van der Waals surface area contributed by atoms with Gasteiger partial charge in [0.1, 0.15) is 29.4 Å². The molecule has 9 heteroatoms. The van der Waals surface area contributed by atoms with Crippen molar-refractivity contribution < 1.29 is 9.18 Å². The average molecular weight is 407 g/mol. The molecular weight excluding hydrogens is 395 g/mol. The molecule has 0 atom stereocenters. The number of nitrogens with zero attached hydrogens (tertiary/aromatic N) is 5. The summed E-state index contributed by atoms with van der Waals surface area (Å²) in [6.45, 7) is 0. The third-order valence-electron chi connectivity index (χ3n) is 4.12. The molecule has 142 valence electrons. The molecule has 0 saturated heterocycles. The Morgan fingerprint density at radius 2 is 2.14 bits per heavy atom. The van der Waals surface area contributed by atoms with E-state index in [9.17, 15) is 14.4 Å². The van der Waals surface area contributed by atoms with E-state index in [1.807, 2.05) is 24.3 Å². The summed E-state index contributed by atoms with van der Waals surface area (Å²) in [5.74, 6) is -0.742. The van der Waals surface area contributed by atoms with Gasteiger partial charge in [0.15, 0.2) is 5.82 Å². The number of benzene rings is 1. The molecule has 3 aromatic heterocycles. The number of pyridine rings is 1. The Balaban J connectivity index is 1.76. The third kappa shape index (κ3) is 3.59. The summed E-state index contributed by atoms with van der Waals surface area (Å²) >= 11 is 5.74. The summed E-state index contributed by atoms with van der Waals surface area (Å²) in [4.78, 5) is 21.2. The van der Waals surface area contributed by atoms with E-state index in [2.05, 4.69) is 15.3 Å². The van der Waals surface area contributed by atoms with Crippen molar-refractivity contribution in [2.75, 3.05) is 5.32 Å². The monoisotopic (exact) mass is 406 g/mol. The molecule has 1 aromatic carbocycles. The van der Waals surface area contributed by atoms with Crippen molar-refractivity contribution in [3.8, 4) is 11.9 Å². The van der Waals surface area contributed by atoms with Crippen LogP contribution >= 0.6 is 11.6 Å². The zero-order chi connectivity index (χ0) is 20.4. The van der Waals surface area contributed by atoms with Crippen LogP contribution in [0.2, 0.25) is 5.02 Å². The number of amides is 1. The highest BCUT2D eigenvalue weighted by Gasteiger charge is 2.16. The molecule has 0 saturated carbocycles. The van der Waals surface area contributed by atoms with Gasteiger partial charge in [0.25, 0.3) is 5.91 Å². The maximum Gasteiger partial charge on any atom is 0.266 e. The van der Waals surface area contributed by atoms with Crippen LogP contribution in [0, 0.1) is 17.1 Å². The maximum absolute atomic E-state index is 13.3. The van der Waals surface area contributed by atoms with Crippen molar-refractivity contribution >= 4 is 34.9 Å². The molecule has 7 nitrogen and oxygen atoms in total. The van der Waals surface area contributed by atoms with E-state index < -0.39 is 11.7 Å². The second kappa shape index (κ2) is 7.58. The summed E-state index contributed by atoms with van der Waals surface area (Å²) in [6, 6.07) is 11.1. The average Bonchev–Trinajstić information content (AvgIpc) is 3.36. The van der Waals surface area contributed by atoms with Gasteiger partial charge in [0.2, 0.25) is 0 Å². The quantitative estimate of drug-likeness (QED) is 0.411. The van der Waals surface area contributed by atoms with Gasteiger partial charge < -0.3 is 5.32 Å². The van der Waals surface area contributed by atoms with Crippen LogP contribution in [-0.4, -0.2) is 24.8 Å². The number of nitrogens with one attached hydrogen (secondary N) is 1. The number of halogens is 2. The first-order valence-electron chi connectivity index (χ1n) is 8.40. The van der Waals surface area contributed by atoms with Crippen LogP contribution in [0.4, 0.5) is 10.1 Å². The fraction of sp³-hybridized carbons (Fsp3) is 0. The number of carbonyl (C=O) groups is 1. The summed E-state index contributed by atoms with van der Waals surface area (Å²) in [6.07, 6.45) is 8.11. The lowest BCUT2D eigenvalue weighted by molar-refractivity contribution is -0.112. The van der Waals surface area contributed by atoms with Crippen molar-refractivity contribution in [3.05, 3.63) is 83.4 Å². The molecule has 1 N–H and O–H groups in total. The summed E-state index contributed by atoms with van der Waals surface area (Å²) < 4.78 is 16.8. The van der Waals surface area contributed by atoms with Crippen LogP contribution < -0.4 is 5.32 Å². The van der Waals surface area contributed by atoms with Crippen molar-refractivity contribution in [1.29, 1.82) is 5.26 Å². The minimum atomic E-state index is -0.655. The highest BCUT2D eigenvalue weighted by Crippen LogP contribution is 2.22. The summed E-state index contributed by atoms with van der Waals surface area (Å²) in [5, 5.41) is 12.0. The van der Waals surface area contributed by atoms with Gasteiger partial charge in [-0.1, -0.05) is 17.7 Å². The number of fused-ring (bicyclic) bond motifs is 1. The predicted octanol–water partition coefficient (Wildman–Crippen LogP) is 3.86. The Hall–Kier alpha value is -3.96. The Kier molecular flexibility index (Phi) is 4.81. The van der Waals surface area contributed by atoms with Gasteiger partial charge in [0, 0.05) is 24.3 Å². The molecule has 0 unspecified atom stereocenters. The van der Waals surface area contributed by atoms with Crippen LogP contribution in [0.5, 0.6) is 0 Å². The second-order valence-electron chi connectivity index (χ2n) is 5.97. The van der Waals surface area contributed by atoms with E-state index in [4.69, 9.17) is 11.6 Å². The fourth-order valence-electron chi connectivity index (χ4n) is 2.77. The van der Waals surface area contributed by atoms with Gasteiger partial charge in [-0.15, -0.1) is 0 Å². The largest absolute Gasteiger partial charge is 0.321 e. The van der Waals surface area contributed by atoms with Crippen molar-refractivity contribution in [3.63, 3.8) is 0 Å². The molecule has 3 heterocycles. The van der Waals surface area contributed by atoms with Crippen molar-refractivity contribution in [1.82, 2.24) is 18.9 Å². The zero-order valence-corrected chi connectivity index (χ0v) is 15.5. The van der Waals surface area contributed by atoms with E-state index in [0.717, 1.165) is 6.07 Å². The number of nitriles is 1. The lowest BCUT2D eigenvalue weighted by atomic mass is 10.2. The van der Waals surface area contributed by atoms with Crippen LogP contribution in [0.15, 0.2) is 66.9 Å². The molecule has 0 aliphatic heterocycles. The highest BCUT2D eigenvalue weighted by atomic mass is 35.5. The first kappa shape index (κ1) is 18.4. The van der Waals surface area contributed by atoms with Crippen molar-refractivity contribution in [2.24, 2.45) is 0 Å². The SMILES string of the molecule is N#C/C(=C\c1c(-n2ccnc2)nc2ccccn12)C(=O)Nc1ccc(F)c(Cl)c1. The Labute approximate surface area is 169 Å². The minimum Gasteiger partial charge on any atom is -0.321 e. The lowest BCUT2D eigenvalue weighted by Crippen LogP contribution is -2.13. The van der Waals surface area contributed by atoms with Crippen LogP contribution in [0.3, 0.4) is 0 Å². The third-order valence-corrected chi connectivity index (χ3v) is 4.41. The lowest BCUT2D eigenvalue weighted by Gasteiger charge is -2.06. The van der Waals surface area contributed by atoms with Gasteiger partial charge in [-0.2, -0.15) is 5.26 Å². The number of carbonyl (C=O) groups excluding carboxylic acids is 1. The molecule has 1 amide bonds. The van der Waals surface area contributed by atoms with E-state index >= 15 is 0 Å². The topological polar surface area (TPSA) is 88.0 Å². The first-order valence-corrected chi connectivity index (χ1v) is 8.78. The first-order chi connectivity index (χ1) is 14.1. The van der Waals surface area contributed by atoms with Crippen molar-refractivity contribution in [2.45, 2.75) is 0 Å². The molecule has 0 radical (unpaired) electrons. The fourth-order valence-corrected chi connectivity index (χ4v) is 2.95. The molecular formula is C20H12ClFN6O. The second-order valence-corrected chi connectivity index (χ2v) is 6.38. The van der Waals surface area contributed by atoms with E-state index in [1.165, 1.54) is 18.2 Å². The zero-order valence-electron chi connectivity index (χ0n) is 14.8.